The number of ether oxygens (including phenoxy) is 2. The second-order valence-corrected chi connectivity index (χ2v) is 5.34. The average Bonchev–Trinajstić information content (AvgIpc) is 2.88. The first-order valence-electron chi connectivity index (χ1n) is 7.28. The lowest BCUT2D eigenvalue weighted by Gasteiger charge is -2.09. The number of fused-ring (bicyclic) bond motifs is 1. The summed E-state index contributed by atoms with van der Waals surface area (Å²) in [7, 11) is 0. The predicted octanol–water partition coefficient (Wildman–Crippen LogP) is 3.95. The van der Waals surface area contributed by atoms with Crippen molar-refractivity contribution in [2.24, 2.45) is 0 Å². The van der Waals surface area contributed by atoms with E-state index < -0.39 is 0 Å². The summed E-state index contributed by atoms with van der Waals surface area (Å²) in [5.74, 6) is 0.717. The zero-order chi connectivity index (χ0) is 16.4. The Balaban J connectivity index is 1.77. The molecule has 0 aliphatic carbocycles. The number of carbonyl (C=O) groups excluding carboxylic acids is 1. The van der Waals surface area contributed by atoms with Crippen LogP contribution in [-0.4, -0.2) is 11.0 Å². The summed E-state index contributed by atoms with van der Waals surface area (Å²) in [4.78, 5) is 15.5. The van der Waals surface area contributed by atoms with E-state index in [2.05, 4.69) is 4.98 Å². The van der Waals surface area contributed by atoms with E-state index in [0.29, 0.717) is 23.7 Å². The first kappa shape index (κ1) is 15.1. The minimum atomic E-state index is -0.379. The van der Waals surface area contributed by atoms with Gasteiger partial charge < -0.3 is 13.9 Å². The maximum absolute atomic E-state index is 11.0. The molecule has 3 aromatic rings. The minimum Gasteiger partial charge on any atom is -0.489 e. The number of hydrogen-bond donors (Lipinski definition) is 0. The number of benzene rings is 1. The van der Waals surface area contributed by atoms with E-state index in [-0.39, 0.29) is 5.97 Å². The number of rotatable bonds is 4. The number of nitrogens with zero attached hydrogens (tertiary/aromatic N) is 1. The van der Waals surface area contributed by atoms with Crippen LogP contribution in [0.15, 0.2) is 41.0 Å². The fraction of sp³-hybridized carbons (Fsp3) is 0.222. The summed E-state index contributed by atoms with van der Waals surface area (Å²) in [6.07, 6.45) is 1.42. The molecule has 0 spiro atoms. The summed E-state index contributed by atoms with van der Waals surface area (Å²) >= 11 is 0. The summed E-state index contributed by atoms with van der Waals surface area (Å²) in [6, 6.07) is 9.39. The van der Waals surface area contributed by atoms with Gasteiger partial charge in [0.2, 0.25) is 0 Å². The predicted molar refractivity (Wildman–Crippen MR) is 85.6 cm³/mol. The lowest BCUT2D eigenvalue weighted by atomic mass is 10.2. The number of aromatic nitrogens is 1. The zero-order valence-electron chi connectivity index (χ0n) is 13.3. The van der Waals surface area contributed by atoms with E-state index in [9.17, 15) is 4.79 Å². The highest BCUT2D eigenvalue weighted by molar-refractivity contribution is 5.87. The molecule has 0 aliphatic heterocycles. The summed E-state index contributed by atoms with van der Waals surface area (Å²) < 4.78 is 16.3. The van der Waals surface area contributed by atoms with Crippen LogP contribution in [0.2, 0.25) is 0 Å². The Morgan fingerprint density at radius 3 is 2.78 bits per heavy atom. The molecule has 3 rings (SSSR count). The van der Waals surface area contributed by atoms with Gasteiger partial charge in [-0.2, -0.15) is 0 Å². The lowest BCUT2D eigenvalue weighted by molar-refractivity contribution is -0.131. The molecule has 0 unspecified atom stereocenters. The van der Waals surface area contributed by atoms with E-state index in [1.54, 1.807) is 6.07 Å². The molecule has 0 fully saturated rings. The van der Waals surface area contributed by atoms with Crippen molar-refractivity contribution in [3.05, 3.63) is 53.5 Å². The molecular weight excluding hydrogens is 294 g/mol. The molecule has 0 radical (unpaired) electrons. The van der Waals surface area contributed by atoms with Gasteiger partial charge >= 0.3 is 5.97 Å². The van der Waals surface area contributed by atoms with Crippen molar-refractivity contribution in [2.75, 3.05) is 0 Å². The fourth-order valence-corrected chi connectivity index (χ4v) is 2.34. The van der Waals surface area contributed by atoms with E-state index >= 15 is 0 Å². The maximum atomic E-state index is 11.0. The number of pyridine rings is 1. The van der Waals surface area contributed by atoms with Crippen molar-refractivity contribution in [1.29, 1.82) is 0 Å². The number of hydrogen-bond acceptors (Lipinski definition) is 5. The van der Waals surface area contributed by atoms with Crippen LogP contribution in [0.5, 0.6) is 11.5 Å². The first-order chi connectivity index (χ1) is 11.0. The smallest absolute Gasteiger partial charge is 0.308 e. The van der Waals surface area contributed by atoms with Crippen molar-refractivity contribution in [1.82, 2.24) is 4.98 Å². The number of esters is 1. The zero-order valence-corrected chi connectivity index (χ0v) is 13.3. The largest absolute Gasteiger partial charge is 0.489 e. The van der Waals surface area contributed by atoms with Crippen LogP contribution >= 0.6 is 0 Å². The Hall–Kier alpha value is -2.82. The van der Waals surface area contributed by atoms with Crippen LogP contribution in [0.4, 0.5) is 0 Å². The normalized spacial score (nSPS) is 10.7. The molecule has 0 amide bonds. The van der Waals surface area contributed by atoms with Crippen LogP contribution in [-0.2, 0) is 11.4 Å². The molecule has 0 atom stereocenters. The van der Waals surface area contributed by atoms with E-state index in [4.69, 9.17) is 13.9 Å². The van der Waals surface area contributed by atoms with Crippen LogP contribution in [0.1, 0.15) is 23.9 Å². The number of aryl methyl sites for hydroxylation is 2. The molecular formula is C18H17NO4. The molecule has 5 heteroatoms. The van der Waals surface area contributed by atoms with Gasteiger partial charge in [0.25, 0.3) is 0 Å². The molecule has 5 nitrogen and oxygen atoms in total. The Morgan fingerprint density at radius 1 is 1.22 bits per heavy atom. The van der Waals surface area contributed by atoms with Gasteiger partial charge in [0.15, 0.2) is 5.75 Å². The summed E-state index contributed by atoms with van der Waals surface area (Å²) in [5, 5.41) is 0.737. The van der Waals surface area contributed by atoms with Gasteiger partial charge in [-0.3, -0.25) is 9.78 Å². The Labute approximate surface area is 133 Å². The topological polar surface area (TPSA) is 61.6 Å². The van der Waals surface area contributed by atoms with E-state index in [1.807, 2.05) is 38.1 Å². The first-order valence-corrected chi connectivity index (χ1v) is 7.28. The molecule has 0 saturated carbocycles. The highest BCUT2D eigenvalue weighted by atomic mass is 16.5. The van der Waals surface area contributed by atoms with E-state index in [0.717, 1.165) is 22.3 Å². The summed E-state index contributed by atoms with van der Waals surface area (Å²) in [6.45, 7) is 5.71. The molecule has 0 aliphatic rings. The second kappa shape index (κ2) is 6.12. The number of furan rings is 1. The third-order valence-corrected chi connectivity index (χ3v) is 3.49. The third-order valence-electron chi connectivity index (χ3n) is 3.49. The van der Waals surface area contributed by atoms with Crippen molar-refractivity contribution >= 4 is 16.9 Å². The highest BCUT2D eigenvalue weighted by Crippen LogP contribution is 2.31. The van der Waals surface area contributed by atoms with Crippen molar-refractivity contribution in [3.8, 4) is 11.5 Å². The molecule has 0 N–H and O–H groups in total. The standard InChI is InChI=1S/C18H17NO4/c1-11-4-5-14(12(2)19-11)9-21-15-6-7-16-17(8-15)22-10-18(16)23-13(3)20/h4-8,10H,9H2,1-3H3. The summed E-state index contributed by atoms with van der Waals surface area (Å²) in [5.41, 5.74) is 3.59. The van der Waals surface area contributed by atoms with Gasteiger partial charge in [0, 0.05) is 29.9 Å². The van der Waals surface area contributed by atoms with E-state index in [1.165, 1.54) is 13.2 Å². The van der Waals surface area contributed by atoms with Gasteiger partial charge in [0.1, 0.15) is 24.2 Å². The van der Waals surface area contributed by atoms with Crippen molar-refractivity contribution < 1.29 is 18.7 Å². The molecule has 2 aromatic heterocycles. The Bertz CT molecular complexity index is 867. The van der Waals surface area contributed by atoms with Crippen LogP contribution in [0.25, 0.3) is 11.0 Å². The van der Waals surface area contributed by atoms with Gasteiger partial charge in [-0.15, -0.1) is 0 Å². The third kappa shape index (κ3) is 3.34. The average molecular weight is 311 g/mol. The molecule has 0 saturated heterocycles. The van der Waals surface area contributed by atoms with Crippen molar-refractivity contribution in [2.45, 2.75) is 27.4 Å². The minimum absolute atomic E-state index is 0.379. The van der Waals surface area contributed by atoms with Crippen LogP contribution in [0, 0.1) is 13.8 Å². The SMILES string of the molecule is CC(=O)Oc1coc2cc(OCc3ccc(C)nc3C)ccc12. The van der Waals surface area contributed by atoms with Gasteiger partial charge in [-0.05, 0) is 32.0 Å². The van der Waals surface area contributed by atoms with Gasteiger partial charge in [-0.1, -0.05) is 6.07 Å². The Kier molecular flexibility index (Phi) is 4.02. The second-order valence-electron chi connectivity index (χ2n) is 5.34. The van der Waals surface area contributed by atoms with Gasteiger partial charge in [0.05, 0.1) is 5.39 Å². The molecule has 1 aromatic carbocycles. The fourth-order valence-electron chi connectivity index (χ4n) is 2.34. The quantitative estimate of drug-likeness (QED) is 0.683. The van der Waals surface area contributed by atoms with Crippen LogP contribution < -0.4 is 9.47 Å². The molecule has 118 valence electrons. The molecule has 0 bridgehead atoms. The van der Waals surface area contributed by atoms with Gasteiger partial charge in [-0.25, -0.2) is 0 Å². The maximum Gasteiger partial charge on any atom is 0.308 e. The number of carbonyl (C=O) groups is 1. The lowest BCUT2D eigenvalue weighted by Crippen LogP contribution is -2.01. The van der Waals surface area contributed by atoms with Crippen LogP contribution in [0.3, 0.4) is 0 Å². The molecule has 23 heavy (non-hydrogen) atoms. The van der Waals surface area contributed by atoms with Crippen molar-refractivity contribution in [3.63, 3.8) is 0 Å². The highest BCUT2D eigenvalue weighted by Gasteiger charge is 2.10. The molecule has 2 heterocycles. The Morgan fingerprint density at radius 2 is 2.04 bits per heavy atom. The monoisotopic (exact) mass is 311 g/mol.